The van der Waals surface area contributed by atoms with Gasteiger partial charge < -0.3 is 20.5 Å². The van der Waals surface area contributed by atoms with E-state index in [1.165, 1.54) is 19.2 Å². The maximum absolute atomic E-state index is 12.0. The molecule has 1 rings (SSSR count). The van der Waals surface area contributed by atoms with E-state index in [2.05, 4.69) is 10.1 Å². The number of nitrogen functional groups attached to an aromatic ring is 1. The summed E-state index contributed by atoms with van der Waals surface area (Å²) >= 11 is 11.7. The number of ether oxygens (including phenoxy) is 2. The number of anilines is 1. The molecule has 0 saturated heterocycles. The number of nitrogens with two attached hydrogens (primary N) is 1. The summed E-state index contributed by atoms with van der Waals surface area (Å²) in [5.74, 6) is -2.21. The first-order chi connectivity index (χ1) is 11.7. The first-order valence-corrected chi connectivity index (χ1v) is 8.25. The van der Waals surface area contributed by atoms with Gasteiger partial charge in [0.25, 0.3) is 5.91 Å². The molecule has 0 aliphatic carbocycles. The van der Waals surface area contributed by atoms with E-state index < -0.39 is 30.5 Å². The number of esters is 2. The van der Waals surface area contributed by atoms with Crippen LogP contribution in [-0.4, -0.2) is 37.6 Å². The fourth-order valence-corrected chi connectivity index (χ4v) is 2.47. The molecule has 1 amide bonds. The third-order valence-electron chi connectivity index (χ3n) is 3.63. The van der Waals surface area contributed by atoms with Crippen molar-refractivity contribution in [3.63, 3.8) is 0 Å². The lowest BCUT2D eigenvalue weighted by atomic mass is 9.99. The maximum atomic E-state index is 12.0. The van der Waals surface area contributed by atoms with Crippen LogP contribution in [-0.2, 0) is 19.1 Å². The molecule has 0 aromatic heterocycles. The highest BCUT2D eigenvalue weighted by atomic mass is 35.5. The van der Waals surface area contributed by atoms with Crippen LogP contribution in [0.15, 0.2) is 12.1 Å². The number of hydrogen-bond donors (Lipinski definition) is 2. The molecule has 0 heterocycles. The maximum Gasteiger partial charge on any atom is 0.340 e. The van der Waals surface area contributed by atoms with Crippen LogP contribution < -0.4 is 11.1 Å². The largest absolute Gasteiger partial charge is 0.467 e. The summed E-state index contributed by atoms with van der Waals surface area (Å²) in [5, 5.41) is 2.80. The molecule has 138 valence electrons. The van der Waals surface area contributed by atoms with Crippen LogP contribution in [0.1, 0.15) is 30.6 Å². The molecular formula is C16H20Cl2N2O5. The minimum Gasteiger partial charge on any atom is -0.467 e. The van der Waals surface area contributed by atoms with Gasteiger partial charge in [0.2, 0.25) is 0 Å². The lowest BCUT2D eigenvalue weighted by Gasteiger charge is -2.21. The van der Waals surface area contributed by atoms with Crippen molar-refractivity contribution in [2.75, 3.05) is 19.5 Å². The zero-order valence-electron chi connectivity index (χ0n) is 14.1. The van der Waals surface area contributed by atoms with Crippen molar-refractivity contribution in [2.45, 2.75) is 26.3 Å². The number of nitrogens with one attached hydrogen (secondary N) is 1. The lowest BCUT2D eigenvalue weighted by molar-refractivity contribution is -0.147. The SMILES string of the molecule is CC[C@H](C)[C@H](NC(=O)COC(=O)c1cc(Cl)cc(Cl)c1N)C(=O)OC. The van der Waals surface area contributed by atoms with Gasteiger partial charge in [0.15, 0.2) is 6.61 Å². The van der Waals surface area contributed by atoms with Gasteiger partial charge in [-0.1, -0.05) is 43.5 Å². The molecule has 0 aliphatic heterocycles. The molecule has 0 bridgehead atoms. The van der Waals surface area contributed by atoms with E-state index >= 15 is 0 Å². The van der Waals surface area contributed by atoms with Crippen molar-refractivity contribution in [2.24, 2.45) is 5.92 Å². The molecule has 0 saturated carbocycles. The molecule has 1 aromatic carbocycles. The average Bonchev–Trinajstić information content (AvgIpc) is 2.59. The molecule has 7 nitrogen and oxygen atoms in total. The Morgan fingerprint density at radius 3 is 2.48 bits per heavy atom. The molecule has 0 fully saturated rings. The minimum atomic E-state index is -0.852. The predicted octanol–water partition coefficient (Wildman–Crippen LogP) is 2.44. The van der Waals surface area contributed by atoms with Gasteiger partial charge in [0.1, 0.15) is 6.04 Å². The van der Waals surface area contributed by atoms with Crippen LogP contribution in [0.3, 0.4) is 0 Å². The number of carbonyl (C=O) groups excluding carboxylic acids is 3. The third kappa shape index (κ3) is 5.79. The minimum absolute atomic E-state index is 0.00326. The quantitative estimate of drug-likeness (QED) is 0.546. The van der Waals surface area contributed by atoms with Crippen molar-refractivity contribution in [1.29, 1.82) is 0 Å². The molecular weight excluding hydrogens is 371 g/mol. The van der Waals surface area contributed by atoms with Crippen LogP contribution in [0.5, 0.6) is 0 Å². The van der Waals surface area contributed by atoms with Crippen molar-refractivity contribution in [3.8, 4) is 0 Å². The third-order valence-corrected chi connectivity index (χ3v) is 4.16. The summed E-state index contributed by atoms with van der Waals surface area (Å²) in [4.78, 5) is 35.8. The summed E-state index contributed by atoms with van der Waals surface area (Å²) in [6.07, 6.45) is 0.650. The number of amides is 1. The number of methoxy groups -OCH3 is 1. The van der Waals surface area contributed by atoms with E-state index in [4.69, 9.17) is 33.7 Å². The molecule has 0 radical (unpaired) electrons. The molecule has 2 atom stereocenters. The summed E-state index contributed by atoms with van der Waals surface area (Å²) in [6.45, 7) is 3.08. The van der Waals surface area contributed by atoms with Gasteiger partial charge in [0.05, 0.1) is 23.4 Å². The highest BCUT2D eigenvalue weighted by Crippen LogP contribution is 2.28. The van der Waals surface area contributed by atoms with Crippen LogP contribution in [0, 0.1) is 5.92 Å². The van der Waals surface area contributed by atoms with Crippen LogP contribution in [0.25, 0.3) is 0 Å². The van der Waals surface area contributed by atoms with E-state index in [0.29, 0.717) is 6.42 Å². The first-order valence-electron chi connectivity index (χ1n) is 7.50. The smallest absolute Gasteiger partial charge is 0.340 e. The van der Waals surface area contributed by atoms with E-state index in [1.54, 1.807) is 6.92 Å². The molecule has 25 heavy (non-hydrogen) atoms. The Kier molecular flexibility index (Phi) is 7.99. The van der Waals surface area contributed by atoms with Crippen LogP contribution in [0.2, 0.25) is 10.0 Å². The predicted molar refractivity (Wildman–Crippen MR) is 94.6 cm³/mol. The van der Waals surface area contributed by atoms with Gasteiger partial charge in [-0.3, -0.25) is 4.79 Å². The Morgan fingerprint density at radius 1 is 1.28 bits per heavy atom. The number of carbonyl (C=O) groups is 3. The number of halogens is 2. The highest BCUT2D eigenvalue weighted by Gasteiger charge is 2.27. The van der Waals surface area contributed by atoms with E-state index in [9.17, 15) is 14.4 Å². The van der Waals surface area contributed by atoms with Crippen molar-refractivity contribution in [3.05, 3.63) is 27.7 Å². The molecule has 1 aromatic rings. The van der Waals surface area contributed by atoms with Gasteiger partial charge in [-0.05, 0) is 18.1 Å². The number of hydrogen-bond acceptors (Lipinski definition) is 6. The number of rotatable bonds is 7. The second kappa shape index (κ2) is 9.48. The average molecular weight is 391 g/mol. The number of benzene rings is 1. The van der Waals surface area contributed by atoms with Gasteiger partial charge in [-0.2, -0.15) is 0 Å². The second-order valence-corrected chi connectivity index (χ2v) is 6.22. The Balaban J connectivity index is 2.72. The topological polar surface area (TPSA) is 108 Å². The monoisotopic (exact) mass is 390 g/mol. The Labute approximate surface area is 155 Å². The normalized spacial score (nSPS) is 12.8. The molecule has 0 unspecified atom stereocenters. The zero-order chi connectivity index (χ0) is 19.1. The summed E-state index contributed by atoms with van der Waals surface area (Å²) < 4.78 is 9.57. The van der Waals surface area contributed by atoms with E-state index in [1.807, 2.05) is 6.92 Å². The zero-order valence-corrected chi connectivity index (χ0v) is 15.6. The van der Waals surface area contributed by atoms with Crippen LogP contribution in [0.4, 0.5) is 5.69 Å². The first kappa shape index (κ1) is 21.1. The van der Waals surface area contributed by atoms with Gasteiger partial charge in [-0.25, -0.2) is 9.59 Å². The van der Waals surface area contributed by atoms with Crippen molar-refractivity contribution < 1.29 is 23.9 Å². The van der Waals surface area contributed by atoms with E-state index in [0.717, 1.165) is 0 Å². The van der Waals surface area contributed by atoms with Gasteiger partial charge >= 0.3 is 11.9 Å². The van der Waals surface area contributed by atoms with Gasteiger partial charge in [-0.15, -0.1) is 0 Å². The lowest BCUT2D eigenvalue weighted by Crippen LogP contribution is -2.47. The van der Waals surface area contributed by atoms with E-state index in [-0.39, 0.29) is 27.2 Å². The molecule has 9 heteroatoms. The fraction of sp³-hybridized carbons (Fsp3) is 0.438. The highest BCUT2D eigenvalue weighted by molar-refractivity contribution is 6.37. The molecule has 3 N–H and O–H groups in total. The summed E-state index contributed by atoms with van der Waals surface area (Å²) in [6, 6.07) is 1.85. The second-order valence-electron chi connectivity index (χ2n) is 5.38. The van der Waals surface area contributed by atoms with Crippen molar-refractivity contribution in [1.82, 2.24) is 5.32 Å². The van der Waals surface area contributed by atoms with Crippen molar-refractivity contribution >= 4 is 46.7 Å². The fourth-order valence-electron chi connectivity index (χ4n) is 1.97. The van der Waals surface area contributed by atoms with Gasteiger partial charge in [0, 0.05) is 5.02 Å². The Morgan fingerprint density at radius 2 is 1.92 bits per heavy atom. The van der Waals surface area contributed by atoms with Crippen LogP contribution >= 0.6 is 23.2 Å². The standard InChI is InChI=1S/C16H20Cl2N2O5/c1-4-8(2)14(16(23)24-3)20-12(21)7-25-15(22)10-5-9(17)6-11(18)13(10)19/h5-6,8,14H,4,7,19H2,1-3H3,(H,20,21)/t8-,14-/m0/s1. The molecule has 0 spiro atoms. The Bertz CT molecular complexity index is 666. The summed E-state index contributed by atoms with van der Waals surface area (Å²) in [5.41, 5.74) is 5.66. The summed E-state index contributed by atoms with van der Waals surface area (Å²) in [7, 11) is 1.23. The molecule has 0 aliphatic rings. The Hall–Kier alpha value is -1.99.